The Morgan fingerprint density at radius 1 is 1.00 bits per heavy atom. The monoisotopic (exact) mass is 401 g/mol. The lowest BCUT2D eigenvalue weighted by Gasteiger charge is -2.13. The molecule has 0 spiro atoms. The molecule has 0 saturated carbocycles. The summed E-state index contributed by atoms with van der Waals surface area (Å²) >= 11 is 0. The third-order valence-corrected chi connectivity index (χ3v) is 4.36. The first-order valence-corrected chi connectivity index (χ1v) is 8.71. The highest BCUT2D eigenvalue weighted by molar-refractivity contribution is 5.76. The average molecular weight is 401 g/mol. The number of aromatic amines is 1. The molecule has 0 fully saturated rings. The second kappa shape index (κ2) is 7.50. The number of H-pyrrole nitrogens is 1. The zero-order valence-electron chi connectivity index (χ0n) is 15.0. The third kappa shape index (κ3) is 4.34. The quantitative estimate of drug-likeness (QED) is 0.475. The molecule has 148 valence electrons. The van der Waals surface area contributed by atoms with E-state index in [-0.39, 0.29) is 18.1 Å². The first-order valence-electron chi connectivity index (χ1n) is 8.71. The lowest BCUT2D eigenvalue weighted by molar-refractivity contribution is -0.138. The van der Waals surface area contributed by atoms with E-state index < -0.39 is 17.6 Å². The van der Waals surface area contributed by atoms with Crippen molar-refractivity contribution in [3.63, 3.8) is 0 Å². The summed E-state index contributed by atoms with van der Waals surface area (Å²) in [5.41, 5.74) is 1.47. The van der Waals surface area contributed by atoms with E-state index >= 15 is 0 Å². The summed E-state index contributed by atoms with van der Waals surface area (Å²) < 4.78 is 52.4. The molecule has 0 aliphatic rings. The van der Waals surface area contributed by atoms with Gasteiger partial charge in [0, 0.05) is 42.6 Å². The Balaban J connectivity index is 1.44. The van der Waals surface area contributed by atoms with Crippen LogP contribution in [0.4, 0.5) is 23.5 Å². The number of hydrogen-bond acceptors (Lipinski definition) is 4. The molecule has 3 heterocycles. The zero-order chi connectivity index (χ0) is 20.4. The van der Waals surface area contributed by atoms with Crippen LogP contribution < -0.4 is 5.32 Å². The molecule has 9 heteroatoms. The highest BCUT2D eigenvalue weighted by Crippen LogP contribution is 2.32. The molecule has 0 bridgehead atoms. The van der Waals surface area contributed by atoms with Gasteiger partial charge in [0.05, 0.1) is 5.56 Å². The highest BCUT2D eigenvalue weighted by Gasteiger charge is 2.33. The molecule has 4 rings (SSSR count). The summed E-state index contributed by atoms with van der Waals surface area (Å²) in [5, 5.41) is 3.74. The Morgan fingerprint density at radius 3 is 2.52 bits per heavy atom. The molecular formula is C20H15F4N5. The molecule has 1 aromatic carbocycles. The van der Waals surface area contributed by atoms with Crippen molar-refractivity contribution >= 4 is 17.0 Å². The van der Waals surface area contributed by atoms with Crippen LogP contribution >= 0.6 is 0 Å². The molecule has 0 amide bonds. The Morgan fingerprint density at radius 2 is 1.79 bits per heavy atom. The number of nitrogens with zero attached hydrogens (tertiary/aromatic N) is 3. The van der Waals surface area contributed by atoms with Crippen LogP contribution in [-0.2, 0) is 19.1 Å². The fraction of sp³-hybridized carbons (Fsp3) is 0.150. The number of aromatic nitrogens is 4. The predicted molar refractivity (Wildman–Crippen MR) is 99.7 cm³/mol. The standard InChI is InChI=1S/C20H15F4N5/c21-15-4-3-14(17(8-15)20(22,23)24)11-28-19-26-9-12(10-27-19)6-16-7-13-2-1-5-25-18(13)29-16/h1-5,7-10H,6,11H2,(H,25,29)(H,26,27,28). The molecular weight excluding hydrogens is 386 g/mol. The van der Waals surface area contributed by atoms with Gasteiger partial charge < -0.3 is 10.3 Å². The maximum atomic E-state index is 13.2. The summed E-state index contributed by atoms with van der Waals surface area (Å²) in [6.07, 6.45) is 0.829. The lowest BCUT2D eigenvalue weighted by atomic mass is 10.1. The van der Waals surface area contributed by atoms with E-state index in [4.69, 9.17) is 0 Å². The zero-order valence-corrected chi connectivity index (χ0v) is 15.0. The van der Waals surface area contributed by atoms with Crippen LogP contribution in [0, 0.1) is 5.82 Å². The van der Waals surface area contributed by atoms with Crippen molar-refractivity contribution in [1.29, 1.82) is 0 Å². The second-order valence-electron chi connectivity index (χ2n) is 6.48. The molecule has 0 atom stereocenters. The Hall–Kier alpha value is -3.49. The summed E-state index contributed by atoms with van der Waals surface area (Å²) in [6, 6.07) is 8.37. The number of alkyl halides is 3. The van der Waals surface area contributed by atoms with Gasteiger partial charge in [0.1, 0.15) is 11.5 Å². The Bertz CT molecular complexity index is 1100. The van der Waals surface area contributed by atoms with Gasteiger partial charge in [0.2, 0.25) is 5.95 Å². The summed E-state index contributed by atoms with van der Waals surface area (Å²) in [7, 11) is 0. The molecule has 4 aromatic rings. The SMILES string of the molecule is Fc1ccc(CNc2ncc(Cc3cc4cccnc4[nH]3)cn2)c(C(F)(F)F)c1. The molecule has 0 radical (unpaired) electrons. The second-order valence-corrected chi connectivity index (χ2v) is 6.48. The summed E-state index contributed by atoms with van der Waals surface area (Å²) in [6.45, 7) is -0.178. The van der Waals surface area contributed by atoms with Crippen molar-refractivity contribution in [1.82, 2.24) is 19.9 Å². The highest BCUT2D eigenvalue weighted by atomic mass is 19.4. The third-order valence-electron chi connectivity index (χ3n) is 4.36. The van der Waals surface area contributed by atoms with Crippen molar-refractivity contribution in [2.45, 2.75) is 19.1 Å². The van der Waals surface area contributed by atoms with Gasteiger partial charge in [-0.25, -0.2) is 19.3 Å². The number of benzene rings is 1. The fourth-order valence-corrected chi connectivity index (χ4v) is 3.01. The van der Waals surface area contributed by atoms with Gasteiger partial charge in [-0.05, 0) is 41.5 Å². The van der Waals surface area contributed by atoms with Gasteiger partial charge >= 0.3 is 6.18 Å². The van der Waals surface area contributed by atoms with Crippen molar-refractivity contribution in [3.8, 4) is 0 Å². The van der Waals surface area contributed by atoms with Gasteiger partial charge in [0.15, 0.2) is 0 Å². The first-order chi connectivity index (χ1) is 13.9. The van der Waals surface area contributed by atoms with Gasteiger partial charge in [-0.1, -0.05) is 6.07 Å². The molecule has 0 aliphatic carbocycles. The largest absolute Gasteiger partial charge is 0.416 e. The maximum absolute atomic E-state index is 13.2. The lowest BCUT2D eigenvalue weighted by Crippen LogP contribution is -2.13. The number of fused-ring (bicyclic) bond motifs is 1. The van der Waals surface area contributed by atoms with Crippen LogP contribution in [0.2, 0.25) is 0 Å². The number of rotatable bonds is 5. The van der Waals surface area contributed by atoms with Crippen LogP contribution in [0.5, 0.6) is 0 Å². The first kappa shape index (κ1) is 18.9. The van der Waals surface area contributed by atoms with E-state index in [0.29, 0.717) is 12.5 Å². The van der Waals surface area contributed by atoms with Gasteiger partial charge in [-0.3, -0.25) is 0 Å². The van der Waals surface area contributed by atoms with Crippen molar-refractivity contribution in [2.24, 2.45) is 0 Å². The maximum Gasteiger partial charge on any atom is 0.416 e. The summed E-state index contributed by atoms with van der Waals surface area (Å²) in [5.74, 6) is -0.752. The average Bonchev–Trinajstić information content (AvgIpc) is 3.09. The smallest absolute Gasteiger partial charge is 0.350 e. The van der Waals surface area contributed by atoms with E-state index in [1.807, 2.05) is 18.2 Å². The molecule has 0 unspecified atom stereocenters. The number of pyridine rings is 1. The van der Waals surface area contributed by atoms with Crippen LogP contribution in [0.1, 0.15) is 22.4 Å². The molecule has 0 aliphatic heterocycles. The molecule has 29 heavy (non-hydrogen) atoms. The minimum atomic E-state index is -4.64. The Labute approximate surface area is 162 Å². The fourth-order valence-electron chi connectivity index (χ4n) is 3.01. The predicted octanol–water partition coefficient (Wildman–Crippen LogP) is 4.71. The van der Waals surface area contributed by atoms with Crippen LogP contribution in [0.25, 0.3) is 11.0 Å². The topological polar surface area (TPSA) is 66.5 Å². The molecule has 3 aromatic heterocycles. The van der Waals surface area contributed by atoms with Crippen LogP contribution in [-0.4, -0.2) is 19.9 Å². The van der Waals surface area contributed by atoms with Gasteiger partial charge in [-0.2, -0.15) is 13.2 Å². The van der Waals surface area contributed by atoms with E-state index in [2.05, 4.69) is 25.3 Å². The van der Waals surface area contributed by atoms with E-state index in [1.165, 1.54) is 0 Å². The number of nitrogens with one attached hydrogen (secondary N) is 2. The van der Waals surface area contributed by atoms with E-state index in [0.717, 1.165) is 34.4 Å². The van der Waals surface area contributed by atoms with Crippen molar-refractivity contribution in [3.05, 3.63) is 83.2 Å². The summed E-state index contributed by atoms with van der Waals surface area (Å²) in [4.78, 5) is 15.7. The molecule has 5 nitrogen and oxygen atoms in total. The minimum Gasteiger partial charge on any atom is -0.350 e. The van der Waals surface area contributed by atoms with Gasteiger partial charge in [-0.15, -0.1) is 0 Å². The van der Waals surface area contributed by atoms with Gasteiger partial charge in [0.25, 0.3) is 0 Å². The van der Waals surface area contributed by atoms with Crippen LogP contribution in [0.15, 0.2) is 55.0 Å². The molecule has 0 saturated heterocycles. The van der Waals surface area contributed by atoms with Crippen molar-refractivity contribution in [2.75, 3.05) is 5.32 Å². The minimum absolute atomic E-state index is 0.0860. The van der Waals surface area contributed by atoms with E-state index in [9.17, 15) is 17.6 Å². The Kier molecular flexibility index (Phi) is 4.87. The van der Waals surface area contributed by atoms with E-state index in [1.54, 1.807) is 18.6 Å². The number of anilines is 1. The molecule has 2 N–H and O–H groups in total. The normalized spacial score (nSPS) is 11.7. The number of halogens is 4. The number of hydrogen-bond donors (Lipinski definition) is 2. The van der Waals surface area contributed by atoms with Crippen molar-refractivity contribution < 1.29 is 17.6 Å². The van der Waals surface area contributed by atoms with Crippen LogP contribution in [0.3, 0.4) is 0 Å².